The molecule has 0 saturated carbocycles. The topological polar surface area (TPSA) is 34.0 Å². The van der Waals surface area contributed by atoms with Gasteiger partial charge >= 0.3 is 0 Å². The Morgan fingerprint density at radius 2 is 1.70 bits per heavy atom. The molecule has 3 rings (SSSR count). The Kier molecular flexibility index (Phi) is 4.11. The van der Waals surface area contributed by atoms with Crippen LogP contribution in [0.4, 0.5) is 0 Å². The van der Waals surface area contributed by atoms with Crippen molar-refractivity contribution in [2.24, 2.45) is 0 Å². The summed E-state index contributed by atoms with van der Waals surface area (Å²) >= 11 is 0. The standard InChI is InChI=1S/C16H22N4/c1-14-16(13-19-11-7-2-3-8-12-19)17-18-20(14)15-9-5-4-6-10-15/h4-6,9-10H,2-3,7-8,11-13H2,1H3. The average molecular weight is 270 g/mol. The van der Waals surface area contributed by atoms with E-state index in [9.17, 15) is 0 Å². The minimum absolute atomic E-state index is 0.929. The Bertz CT molecular complexity index is 539. The minimum Gasteiger partial charge on any atom is -0.297 e. The van der Waals surface area contributed by atoms with Crippen molar-refractivity contribution in [2.75, 3.05) is 13.1 Å². The normalized spacial score (nSPS) is 17.1. The fraction of sp³-hybridized carbons (Fsp3) is 0.500. The van der Waals surface area contributed by atoms with Gasteiger partial charge < -0.3 is 0 Å². The monoisotopic (exact) mass is 270 g/mol. The molecule has 0 atom stereocenters. The molecule has 1 aromatic heterocycles. The van der Waals surface area contributed by atoms with Gasteiger partial charge in [0.05, 0.1) is 11.4 Å². The summed E-state index contributed by atoms with van der Waals surface area (Å²) in [4.78, 5) is 2.51. The third kappa shape index (κ3) is 2.90. The number of hydrogen-bond acceptors (Lipinski definition) is 3. The summed E-state index contributed by atoms with van der Waals surface area (Å²) in [6.45, 7) is 5.42. The highest BCUT2D eigenvalue weighted by atomic mass is 15.4. The van der Waals surface area contributed by atoms with Crippen molar-refractivity contribution in [3.05, 3.63) is 41.7 Å². The number of nitrogens with zero attached hydrogens (tertiary/aromatic N) is 4. The lowest BCUT2D eigenvalue weighted by Gasteiger charge is -2.18. The molecule has 2 aromatic rings. The summed E-state index contributed by atoms with van der Waals surface area (Å²) in [6, 6.07) is 10.2. The first-order chi connectivity index (χ1) is 9.84. The van der Waals surface area contributed by atoms with E-state index in [0.29, 0.717) is 0 Å². The summed E-state index contributed by atoms with van der Waals surface area (Å²) in [5.74, 6) is 0. The fourth-order valence-corrected chi connectivity index (χ4v) is 2.83. The van der Waals surface area contributed by atoms with Gasteiger partial charge in [0.25, 0.3) is 0 Å². The van der Waals surface area contributed by atoms with Crippen molar-refractivity contribution in [1.29, 1.82) is 0 Å². The minimum atomic E-state index is 0.929. The fourth-order valence-electron chi connectivity index (χ4n) is 2.83. The molecule has 1 aliphatic rings. The second kappa shape index (κ2) is 6.18. The molecule has 1 aromatic carbocycles. The lowest BCUT2D eigenvalue weighted by molar-refractivity contribution is 0.273. The highest BCUT2D eigenvalue weighted by molar-refractivity contribution is 5.32. The Hall–Kier alpha value is -1.68. The first-order valence-electron chi connectivity index (χ1n) is 7.53. The van der Waals surface area contributed by atoms with Crippen LogP contribution in [0.2, 0.25) is 0 Å². The van der Waals surface area contributed by atoms with Gasteiger partial charge in [0, 0.05) is 6.54 Å². The Morgan fingerprint density at radius 1 is 1.00 bits per heavy atom. The van der Waals surface area contributed by atoms with E-state index in [1.807, 2.05) is 22.9 Å². The van der Waals surface area contributed by atoms with Gasteiger partial charge in [-0.05, 0) is 45.0 Å². The number of rotatable bonds is 3. The molecule has 0 N–H and O–H groups in total. The van der Waals surface area contributed by atoms with Gasteiger partial charge in [-0.25, -0.2) is 4.68 Å². The molecule has 1 aliphatic heterocycles. The molecular weight excluding hydrogens is 248 g/mol. The van der Waals surface area contributed by atoms with Crippen LogP contribution >= 0.6 is 0 Å². The second-order valence-corrected chi connectivity index (χ2v) is 5.56. The first kappa shape index (κ1) is 13.3. The zero-order chi connectivity index (χ0) is 13.8. The van der Waals surface area contributed by atoms with Crippen LogP contribution in [-0.2, 0) is 6.54 Å². The van der Waals surface area contributed by atoms with Crippen LogP contribution in [0, 0.1) is 6.92 Å². The number of aromatic nitrogens is 3. The predicted molar refractivity (Wildman–Crippen MR) is 79.8 cm³/mol. The molecule has 2 heterocycles. The number of para-hydroxylation sites is 1. The number of likely N-dealkylation sites (tertiary alicyclic amines) is 1. The van der Waals surface area contributed by atoms with E-state index in [1.165, 1.54) is 38.8 Å². The number of benzene rings is 1. The van der Waals surface area contributed by atoms with E-state index < -0.39 is 0 Å². The lowest BCUT2D eigenvalue weighted by atomic mass is 10.2. The van der Waals surface area contributed by atoms with E-state index >= 15 is 0 Å². The lowest BCUT2D eigenvalue weighted by Crippen LogP contribution is -2.24. The molecule has 1 saturated heterocycles. The molecule has 0 aliphatic carbocycles. The molecule has 20 heavy (non-hydrogen) atoms. The predicted octanol–water partition coefficient (Wildman–Crippen LogP) is 2.95. The average Bonchev–Trinajstić information content (AvgIpc) is 2.68. The molecule has 0 bridgehead atoms. The van der Waals surface area contributed by atoms with Gasteiger partial charge in [0.1, 0.15) is 5.69 Å². The zero-order valence-electron chi connectivity index (χ0n) is 12.1. The van der Waals surface area contributed by atoms with Crippen LogP contribution in [0.25, 0.3) is 5.69 Å². The van der Waals surface area contributed by atoms with Crippen LogP contribution in [0.1, 0.15) is 37.1 Å². The maximum Gasteiger partial charge on any atom is 0.100 e. The molecule has 4 heteroatoms. The highest BCUT2D eigenvalue weighted by Gasteiger charge is 2.15. The third-order valence-electron chi connectivity index (χ3n) is 4.06. The molecular formula is C16H22N4. The van der Waals surface area contributed by atoms with Crippen molar-refractivity contribution in [1.82, 2.24) is 19.9 Å². The van der Waals surface area contributed by atoms with Crippen LogP contribution < -0.4 is 0 Å². The van der Waals surface area contributed by atoms with E-state index in [0.717, 1.165) is 23.6 Å². The van der Waals surface area contributed by atoms with Crippen LogP contribution in [0.15, 0.2) is 30.3 Å². The largest absolute Gasteiger partial charge is 0.297 e. The maximum absolute atomic E-state index is 4.39. The van der Waals surface area contributed by atoms with Crippen LogP contribution in [0.3, 0.4) is 0 Å². The Morgan fingerprint density at radius 3 is 2.40 bits per heavy atom. The summed E-state index contributed by atoms with van der Waals surface area (Å²) in [5, 5.41) is 8.70. The van der Waals surface area contributed by atoms with Crippen molar-refractivity contribution >= 4 is 0 Å². The van der Waals surface area contributed by atoms with Gasteiger partial charge in [-0.1, -0.05) is 36.3 Å². The molecule has 0 spiro atoms. The SMILES string of the molecule is Cc1c(CN2CCCCCC2)nnn1-c1ccccc1. The summed E-state index contributed by atoms with van der Waals surface area (Å²) in [5.41, 5.74) is 3.34. The second-order valence-electron chi connectivity index (χ2n) is 5.56. The number of hydrogen-bond donors (Lipinski definition) is 0. The van der Waals surface area contributed by atoms with E-state index in [2.05, 4.69) is 34.3 Å². The summed E-state index contributed by atoms with van der Waals surface area (Å²) in [7, 11) is 0. The Balaban J connectivity index is 1.76. The Labute approximate surface area is 120 Å². The van der Waals surface area contributed by atoms with Crippen molar-refractivity contribution in [3.8, 4) is 5.69 Å². The van der Waals surface area contributed by atoms with Gasteiger partial charge in [-0.15, -0.1) is 5.10 Å². The zero-order valence-corrected chi connectivity index (χ0v) is 12.1. The highest BCUT2D eigenvalue weighted by Crippen LogP contribution is 2.16. The van der Waals surface area contributed by atoms with Gasteiger partial charge in [0.15, 0.2) is 0 Å². The third-order valence-corrected chi connectivity index (χ3v) is 4.06. The molecule has 0 radical (unpaired) electrons. The smallest absolute Gasteiger partial charge is 0.100 e. The van der Waals surface area contributed by atoms with Crippen molar-refractivity contribution < 1.29 is 0 Å². The van der Waals surface area contributed by atoms with Crippen LogP contribution in [0.5, 0.6) is 0 Å². The van der Waals surface area contributed by atoms with Crippen molar-refractivity contribution in [2.45, 2.75) is 39.2 Å². The van der Waals surface area contributed by atoms with E-state index in [-0.39, 0.29) is 0 Å². The summed E-state index contributed by atoms with van der Waals surface area (Å²) < 4.78 is 1.94. The maximum atomic E-state index is 4.39. The van der Waals surface area contributed by atoms with E-state index in [1.54, 1.807) is 0 Å². The first-order valence-corrected chi connectivity index (χ1v) is 7.53. The van der Waals surface area contributed by atoms with Crippen LogP contribution in [-0.4, -0.2) is 33.0 Å². The molecule has 4 nitrogen and oxygen atoms in total. The van der Waals surface area contributed by atoms with Gasteiger partial charge in [-0.2, -0.15) is 0 Å². The molecule has 0 unspecified atom stereocenters. The summed E-state index contributed by atoms with van der Waals surface area (Å²) in [6.07, 6.45) is 5.36. The molecule has 106 valence electrons. The van der Waals surface area contributed by atoms with Gasteiger partial charge in [0.2, 0.25) is 0 Å². The van der Waals surface area contributed by atoms with Crippen molar-refractivity contribution in [3.63, 3.8) is 0 Å². The van der Waals surface area contributed by atoms with Gasteiger partial charge in [-0.3, -0.25) is 4.90 Å². The quantitative estimate of drug-likeness (QED) is 0.860. The van der Waals surface area contributed by atoms with E-state index in [4.69, 9.17) is 0 Å². The molecule has 1 fully saturated rings. The molecule has 0 amide bonds.